The Labute approximate surface area is 151 Å². The maximum absolute atomic E-state index is 12.5. The van der Waals surface area contributed by atoms with E-state index in [-0.39, 0.29) is 5.91 Å². The molecule has 0 spiro atoms. The number of aryl methyl sites for hydroxylation is 2. The van der Waals surface area contributed by atoms with Crippen molar-refractivity contribution in [2.45, 2.75) is 20.4 Å². The van der Waals surface area contributed by atoms with E-state index in [2.05, 4.69) is 10.4 Å². The molecule has 0 aliphatic heterocycles. The van der Waals surface area contributed by atoms with Crippen molar-refractivity contribution < 1.29 is 9.59 Å². The number of benzene rings is 2. The molecular weight excluding hydrogens is 328 g/mol. The first-order valence-corrected chi connectivity index (χ1v) is 8.23. The van der Waals surface area contributed by atoms with E-state index in [9.17, 15) is 9.59 Å². The van der Waals surface area contributed by atoms with Crippen LogP contribution in [-0.4, -0.2) is 21.6 Å². The summed E-state index contributed by atoms with van der Waals surface area (Å²) in [6.45, 7) is 4.57. The van der Waals surface area contributed by atoms with Gasteiger partial charge in [0, 0.05) is 22.5 Å². The van der Waals surface area contributed by atoms with Crippen molar-refractivity contribution in [3.63, 3.8) is 0 Å². The Balaban J connectivity index is 1.73. The van der Waals surface area contributed by atoms with Gasteiger partial charge in [-0.1, -0.05) is 12.1 Å². The molecule has 0 aliphatic rings. The number of hydrogen-bond donors (Lipinski definition) is 2. The summed E-state index contributed by atoms with van der Waals surface area (Å²) >= 11 is 0. The lowest BCUT2D eigenvalue weighted by Gasteiger charge is -2.09. The summed E-state index contributed by atoms with van der Waals surface area (Å²) in [5.41, 5.74) is 9.81. The van der Waals surface area contributed by atoms with Crippen LogP contribution < -0.4 is 11.1 Å². The van der Waals surface area contributed by atoms with Gasteiger partial charge >= 0.3 is 0 Å². The van der Waals surface area contributed by atoms with Gasteiger partial charge in [0.05, 0.1) is 12.2 Å². The molecule has 6 heteroatoms. The van der Waals surface area contributed by atoms with Crippen LogP contribution in [0.25, 0.3) is 0 Å². The predicted octanol–water partition coefficient (Wildman–Crippen LogP) is 2.90. The van der Waals surface area contributed by atoms with Gasteiger partial charge in [0.1, 0.15) is 0 Å². The molecule has 0 aliphatic carbocycles. The molecule has 0 fully saturated rings. The standard InChI is InChI=1S/C20H20N4O2/c1-13-10-14(2)24(23-13)12-15-4-3-5-17(11-15)20(26)22-18-8-6-16(7-9-18)19(21)25/h3-11H,12H2,1-2H3,(H2,21,25)(H,22,26). The Kier molecular flexibility index (Phi) is 4.84. The monoisotopic (exact) mass is 348 g/mol. The molecule has 1 aromatic heterocycles. The molecule has 0 bridgehead atoms. The minimum atomic E-state index is -0.500. The van der Waals surface area contributed by atoms with Gasteiger partial charge in [-0.3, -0.25) is 14.3 Å². The number of primary amides is 1. The summed E-state index contributed by atoms with van der Waals surface area (Å²) in [4.78, 5) is 23.6. The minimum Gasteiger partial charge on any atom is -0.366 e. The number of aromatic nitrogens is 2. The van der Waals surface area contributed by atoms with Crippen molar-refractivity contribution in [3.05, 3.63) is 82.7 Å². The molecular formula is C20H20N4O2. The molecule has 0 radical (unpaired) electrons. The molecule has 132 valence electrons. The number of anilines is 1. The van der Waals surface area contributed by atoms with E-state index < -0.39 is 5.91 Å². The van der Waals surface area contributed by atoms with Crippen LogP contribution in [0.5, 0.6) is 0 Å². The first kappa shape index (κ1) is 17.4. The fraction of sp³-hybridized carbons (Fsp3) is 0.150. The number of amides is 2. The highest BCUT2D eigenvalue weighted by Crippen LogP contribution is 2.14. The van der Waals surface area contributed by atoms with Crippen LogP contribution in [0.15, 0.2) is 54.6 Å². The van der Waals surface area contributed by atoms with Crippen LogP contribution in [0.2, 0.25) is 0 Å². The van der Waals surface area contributed by atoms with Gasteiger partial charge < -0.3 is 11.1 Å². The smallest absolute Gasteiger partial charge is 0.255 e. The molecule has 2 aromatic carbocycles. The fourth-order valence-electron chi connectivity index (χ4n) is 2.74. The molecule has 26 heavy (non-hydrogen) atoms. The zero-order chi connectivity index (χ0) is 18.7. The normalized spacial score (nSPS) is 10.5. The van der Waals surface area contributed by atoms with E-state index in [0.29, 0.717) is 23.4 Å². The summed E-state index contributed by atoms with van der Waals surface area (Å²) in [6, 6.07) is 15.9. The molecule has 1 heterocycles. The highest BCUT2D eigenvalue weighted by molar-refractivity contribution is 6.04. The lowest BCUT2D eigenvalue weighted by Crippen LogP contribution is -2.14. The van der Waals surface area contributed by atoms with Gasteiger partial charge in [0.15, 0.2) is 0 Å². The third kappa shape index (κ3) is 3.97. The zero-order valence-corrected chi connectivity index (χ0v) is 14.7. The molecule has 6 nitrogen and oxygen atoms in total. The molecule has 0 unspecified atom stereocenters. The predicted molar refractivity (Wildman–Crippen MR) is 100 cm³/mol. The van der Waals surface area contributed by atoms with Crippen LogP contribution in [0.3, 0.4) is 0 Å². The van der Waals surface area contributed by atoms with Crippen LogP contribution >= 0.6 is 0 Å². The van der Waals surface area contributed by atoms with Gasteiger partial charge in [-0.25, -0.2) is 0 Å². The highest BCUT2D eigenvalue weighted by atomic mass is 16.2. The number of carbonyl (C=O) groups excluding carboxylic acids is 2. The van der Waals surface area contributed by atoms with Crippen molar-refractivity contribution in [2.75, 3.05) is 5.32 Å². The Morgan fingerprint density at radius 3 is 2.38 bits per heavy atom. The summed E-state index contributed by atoms with van der Waals surface area (Å²) in [5, 5.41) is 7.27. The van der Waals surface area contributed by atoms with E-state index in [1.54, 1.807) is 30.3 Å². The van der Waals surface area contributed by atoms with Crippen LogP contribution in [0.1, 0.15) is 37.7 Å². The SMILES string of the molecule is Cc1cc(C)n(Cc2cccc(C(=O)Nc3ccc(C(N)=O)cc3)c2)n1. The number of carbonyl (C=O) groups is 2. The quantitative estimate of drug-likeness (QED) is 0.743. The summed E-state index contributed by atoms with van der Waals surface area (Å²) in [7, 11) is 0. The van der Waals surface area contributed by atoms with Crippen LogP contribution in [-0.2, 0) is 6.54 Å². The van der Waals surface area contributed by atoms with Crippen molar-refractivity contribution in [3.8, 4) is 0 Å². The number of rotatable bonds is 5. The van der Waals surface area contributed by atoms with Gasteiger partial charge in [-0.15, -0.1) is 0 Å². The second-order valence-electron chi connectivity index (χ2n) is 6.18. The Morgan fingerprint density at radius 2 is 1.77 bits per heavy atom. The molecule has 0 saturated carbocycles. The van der Waals surface area contributed by atoms with E-state index in [4.69, 9.17) is 5.73 Å². The number of nitrogens with zero attached hydrogens (tertiary/aromatic N) is 2. The Hall–Kier alpha value is -3.41. The fourth-order valence-corrected chi connectivity index (χ4v) is 2.74. The summed E-state index contributed by atoms with van der Waals surface area (Å²) in [5.74, 6) is -0.716. The second-order valence-corrected chi connectivity index (χ2v) is 6.18. The number of nitrogens with two attached hydrogens (primary N) is 1. The topological polar surface area (TPSA) is 90.0 Å². The van der Waals surface area contributed by atoms with Crippen LogP contribution in [0, 0.1) is 13.8 Å². The van der Waals surface area contributed by atoms with Gasteiger partial charge in [0.25, 0.3) is 5.91 Å². The average molecular weight is 348 g/mol. The largest absolute Gasteiger partial charge is 0.366 e. The third-order valence-electron chi connectivity index (χ3n) is 4.05. The van der Waals surface area contributed by atoms with Crippen molar-refractivity contribution in [1.82, 2.24) is 9.78 Å². The first-order valence-electron chi connectivity index (χ1n) is 8.23. The molecule has 2 amide bonds. The molecule has 3 N–H and O–H groups in total. The summed E-state index contributed by atoms with van der Waals surface area (Å²) < 4.78 is 1.91. The lowest BCUT2D eigenvalue weighted by atomic mass is 10.1. The van der Waals surface area contributed by atoms with E-state index >= 15 is 0 Å². The maximum atomic E-state index is 12.5. The van der Waals surface area contributed by atoms with Crippen molar-refractivity contribution in [1.29, 1.82) is 0 Å². The van der Waals surface area contributed by atoms with Crippen molar-refractivity contribution in [2.24, 2.45) is 5.73 Å². The molecule has 3 aromatic rings. The Morgan fingerprint density at radius 1 is 1.04 bits per heavy atom. The van der Waals surface area contributed by atoms with E-state index in [1.165, 1.54) is 0 Å². The van der Waals surface area contributed by atoms with Gasteiger partial charge in [0.2, 0.25) is 5.91 Å². The van der Waals surface area contributed by atoms with Crippen LogP contribution in [0.4, 0.5) is 5.69 Å². The average Bonchev–Trinajstić information content (AvgIpc) is 2.92. The van der Waals surface area contributed by atoms with Gasteiger partial charge in [-0.05, 0) is 61.9 Å². The minimum absolute atomic E-state index is 0.216. The maximum Gasteiger partial charge on any atom is 0.255 e. The second kappa shape index (κ2) is 7.23. The third-order valence-corrected chi connectivity index (χ3v) is 4.05. The molecule has 3 rings (SSSR count). The van der Waals surface area contributed by atoms with E-state index in [1.807, 2.05) is 42.8 Å². The molecule has 0 saturated heterocycles. The molecule has 0 atom stereocenters. The zero-order valence-electron chi connectivity index (χ0n) is 14.7. The lowest BCUT2D eigenvalue weighted by molar-refractivity contribution is 0.0998. The van der Waals surface area contributed by atoms with Crippen molar-refractivity contribution >= 4 is 17.5 Å². The highest BCUT2D eigenvalue weighted by Gasteiger charge is 2.09. The van der Waals surface area contributed by atoms with E-state index in [0.717, 1.165) is 17.0 Å². The first-order chi connectivity index (χ1) is 12.4. The Bertz CT molecular complexity index is 958. The number of nitrogens with one attached hydrogen (secondary N) is 1. The summed E-state index contributed by atoms with van der Waals surface area (Å²) in [6.07, 6.45) is 0. The number of hydrogen-bond acceptors (Lipinski definition) is 3. The van der Waals surface area contributed by atoms with Gasteiger partial charge in [-0.2, -0.15) is 5.10 Å².